The molecule has 1 aromatic heterocycles. The summed E-state index contributed by atoms with van der Waals surface area (Å²) < 4.78 is 0. The minimum absolute atomic E-state index is 0.165. The van der Waals surface area contributed by atoms with Gasteiger partial charge in [0.2, 0.25) is 5.91 Å². The zero-order valence-electron chi connectivity index (χ0n) is 14.4. The van der Waals surface area contributed by atoms with E-state index in [-0.39, 0.29) is 11.7 Å². The first kappa shape index (κ1) is 16.4. The third kappa shape index (κ3) is 3.40. The highest BCUT2D eigenvalue weighted by atomic mass is 16.3. The number of aromatic nitrogens is 2. The molecule has 3 rings (SSSR count). The molecule has 1 aliphatic rings. The zero-order valence-corrected chi connectivity index (χ0v) is 14.4. The van der Waals surface area contributed by atoms with E-state index in [1.165, 1.54) is 0 Å². The molecular weight excluding hydrogens is 302 g/mol. The van der Waals surface area contributed by atoms with Crippen LogP contribution in [0.15, 0.2) is 30.3 Å². The van der Waals surface area contributed by atoms with Crippen molar-refractivity contribution < 1.29 is 9.90 Å². The van der Waals surface area contributed by atoms with Crippen molar-refractivity contribution in [1.82, 2.24) is 15.1 Å². The van der Waals surface area contributed by atoms with Crippen LogP contribution in [0.3, 0.4) is 0 Å². The van der Waals surface area contributed by atoms with E-state index >= 15 is 0 Å². The van der Waals surface area contributed by atoms with Gasteiger partial charge in [0.1, 0.15) is 5.75 Å². The summed E-state index contributed by atoms with van der Waals surface area (Å²) in [6, 6.07) is 9.13. The highest BCUT2D eigenvalue weighted by Crippen LogP contribution is 2.29. The lowest BCUT2D eigenvalue weighted by Crippen LogP contribution is -2.24. The maximum absolute atomic E-state index is 12.1. The minimum Gasteiger partial charge on any atom is -0.508 e. The molecule has 0 aliphatic carbocycles. The molecule has 2 aromatic rings. The number of phenolic OH excluding ortho intramolecular Hbond substituents is 1. The summed E-state index contributed by atoms with van der Waals surface area (Å²) in [5.41, 5.74) is 3.50. The molecule has 1 amide bonds. The van der Waals surface area contributed by atoms with Gasteiger partial charge in [-0.3, -0.25) is 4.79 Å². The molecule has 0 saturated carbocycles. The van der Waals surface area contributed by atoms with Crippen LogP contribution in [0.25, 0.3) is 11.3 Å². The Kier molecular flexibility index (Phi) is 4.51. The lowest BCUT2D eigenvalue weighted by Gasteiger charge is -2.18. The molecule has 0 bridgehead atoms. The van der Waals surface area contributed by atoms with Crippen LogP contribution < -0.4 is 0 Å². The average Bonchev–Trinajstić information content (AvgIpc) is 2.85. The average molecular weight is 325 g/mol. The van der Waals surface area contributed by atoms with E-state index in [9.17, 15) is 9.90 Å². The van der Waals surface area contributed by atoms with Crippen LogP contribution in [0.4, 0.5) is 0 Å². The standard InChI is InChI=1S/C19H23N3O2/c1-12(2)17-6-7-18(21-20-17)16-5-4-15(23)9-14(16)11-22-10-13(3)8-19(22)24/h4-7,9,12-13,23H,8,10-11H2,1-3H3. The Balaban J connectivity index is 1.92. The highest BCUT2D eigenvalue weighted by molar-refractivity contribution is 5.79. The van der Waals surface area contributed by atoms with Crippen molar-refractivity contribution in [1.29, 1.82) is 0 Å². The van der Waals surface area contributed by atoms with Crippen molar-refractivity contribution in [3.05, 3.63) is 41.6 Å². The normalized spacial score (nSPS) is 17.8. The van der Waals surface area contributed by atoms with Gasteiger partial charge < -0.3 is 10.0 Å². The van der Waals surface area contributed by atoms with Crippen molar-refractivity contribution in [2.45, 2.75) is 39.7 Å². The number of nitrogens with zero attached hydrogens (tertiary/aromatic N) is 3. The predicted octanol–water partition coefficient (Wildman–Crippen LogP) is 3.34. The smallest absolute Gasteiger partial charge is 0.223 e. The molecule has 1 saturated heterocycles. The van der Waals surface area contributed by atoms with Crippen LogP contribution in [-0.2, 0) is 11.3 Å². The first-order chi connectivity index (χ1) is 11.4. The summed E-state index contributed by atoms with van der Waals surface area (Å²) >= 11 is 0. The summed E-state index contributed by atoms with van der Waals surface area (Å²) in [6.45, 7) is 7.48. The minimum atomic E-state index is 0.165. The molecule has 24 heavy (non-hydrogen) atoms. The van der Waals surface area contributed by atoms with E-state index in [2.05, 4.69) is 31.0 Å². The monoisotopic (exact) mass is 325 g/mol. The topological polar surface area (TPSA) is 66.3 Å². The van der Waals surface area contributed by atoms with Gasteiger partial charge in [-0.05, 0) is 47.7 Å². The fourth-order valence-electron chi connectivity index (χ4n) is 3.08. The molecule has 2 heterocycles. The Labute approximate surface area is 142 Å². The molecular formula is C19H23N3O2. The Morgan fingerprint density at radius 1 is 1.25 bits per heavy atom. The maximum atomic E-state index is 12.1. The Morgan fingerprint density at radius 3 is 2.62 bits per heavy atom. The molecule has 1 unspecified atom stereocenters. The zero-order chi connectivity index (χ0) is 17.3. The van der Waals surface area contributed by atoms with Gasteiger partial charge in [-0.15, -0.1) is 0 Å². The SMILES string of the molecule is CC1CC(=O)N(Cc2cc(O)ccc2-c2ccc(C(C)C)nn2)C1. The third-order valence-electron chi connectivity index (χ3n) is 4.41. The molecule has 0 spiro atoms. The van der Waals surface area contributed by atoms with Gasteiger partial charge in [0.25, 0.3) is 0 Å². The Morgan fingerprint density at radius 2 is 2.04 bits per heavy atom. The molecule has 0 radical (unpaired) electrons. The first-order valence-corrected chi connectivity index (χ1v) is 8.37. The van der Waals surface area contributed by atoms with Crippen molar-refractivity contribution >= 4 is 5.91 Å². The van der Waals surface area contributed by atoms with E-state index < -0.39 is 0 Å². The Bertz CT molecular complexity index is 741. The van der Waals surface area contributed by atoms with Gasteiger partial charge in [-0.25, -0.2) is 0 Å². The van der Waals surface area contributed by atoms with Crippen LogP contribution >= 0.6 is 0 Å². The van der Waals surface area contributed by atoms with Crippen LogP contribution in [0.2, 0.25) is 0 Å². The van der Waals surface area contributed by atoms with Crippen molar-refractivity contribution in [3.63, 3.8) is 0 Å². The summed E-state index contributed by atoms with van der Waals surface area (Å²) in [5.74, 6) is 1.07. The number of hydrogen-bond acceptors (Lipinski definition) is 4. The second kappa shape index (κ2) is 6.59. The quantitative estimate of drug-likeness (QED) is 0.936. The summed E-state index contributed by atoms with van der Waals surface area (Å²) in [5, 5.41) is 18.5. The molecule has 1 N–H and O–H groups in total. The molecule has 5 heteroatoms. The van der Waals surface area contributed by atoms with Gasteiger partial charge >= 0.3 is 0 Å². The molecule has 1 atom stereocenters. The summed E-state index contributed by atoms with van der Waals surface area (Å²) in [6.07, 6.45) is 0.594. The largest absolute Gasteiger partial charge is 0.508 e. The van der Waals surface area contributed by atoms with E-state index in [0.717, 1.165) is 29.1 Å². The first-order valence-electron chi connectivity index (χ1n) is 8.37. The lowest BCUT2D eigenvalue weighted by molar-refractivity contribution is -0.128. The van der Waals surface area contributed by atoms with Crippen molar-refractivity contribution in [3.8, 4) is 17.0 Å². The van der Waals surface area contributed by atoms with Gasteiger partial charge in [0.15, 0.2) is 0 Å². The number of carbonyl (C=O) groups excluding carboxylic acids is 1. The van der Waals surface area contributed by atoms with Gasteiger partial charge in [0, 0.05) is 25.1 Å². The van der Waals surface area contributed by atoms with E-state index in [1.807, 2.05) is 23.1 Å². The fraction of sp³-hybridized carbons (Fsp3) is 0.421. The van der Waals surface area contributed by atoms with Gasteiger partial charge in [-0.2, -0.15) is 10.2 Å². The molecule has 5 nitrogen and oxygen atoms in total. The predicted molar refractivity (Wildman–Crippen MR) is 92.4 cm³/mol. The van der Waals surface area contributed by atoms with Crippen LogP contribution in [0.1, 0.15) is 44.4 Å². The molecule has 1 aliphatic heterocycles. The lowest BCUT2D eigenvalue weighted by atomic mass is 10.0. The number of amides is 1. The van der Waals surface area contributed by atoms with Gasteiger partial charge in [0.05, 0.1) is 11.4 Å². The molecule has 126 valence electrons. The van der Waals surface area contributed by atoms with Crippen LogP contribution in [0.5, 0.6) is 5.75 Å². The second-order valence-corrected chi connectivity index (χ2v) is 6.92. The van der Waals surface area contributed by atoms with Crippen molar-refractivity contribution in [2.75, 3.05) is 6.54 Å². The number of phenols is 1. The van der Waals surface area contributed by atoms with E-state index in [4.69, 9.17) is 0 Å². The number of benzene rings is 1. The van der Waals surface area contributed by atoms with Crippen LogP contribution in [-0.4, -0.2) is 32.7 Å². The fourth-order valence-corrected chi connectivity index (χ4v) is 3.08. The van der Waals surface area contributed by atoms with Crippen molar-refractivity contribution in [2.24, 2.45) is 5.92 Å². The summed E-state index contributed by atoms with van der Waals surface area (Å²) in [4.78, 5) is 13.9. The van der Waals surface area contributed by atoms with E-state index in [1.54, 1.807) is 12.1 Å². The van der Waals surface area contributed by atoms with E-state index in [0.29, 0.717) is 24.8 Å². The molecule has 1 fully saturated rings. The number of aromatic hydroxyl groups is 1. The summed E-state index contributed by atoms with van der Waals surface area (Å²) in [7, 11) is 0. The second-order valence-electron chi connectivity index (χ2n) is 6.92. The number of likely N-dealkylation sites (tertiary alicyclic amines) is 1. The number of carbonyl (C=O) groups is 1. The highest BCUT2D eigenvalue weighted by Gasteiger charge is 2.27. The van der Waals surface area contributed by atoms with Crippen LogP contribution in [0, 0.1) is 5.92 Å². The molecule has 1 aromatic carbocycles. The number of rotatable bonds is 4. The van der Waals surface area contributed by atoms with Gasteiger partial charge in [-0.1, -0.05) is 20.8 Å². The third-order valence-corrected chi connectivity index (χ3v) is 4.41. The Hall–Kier alpha value is -2.43. The maximum Gasteiger partial charge on any atom is 0.223 e. The number of hydrogen-bond donors (Lipinski definition) is 1.